The fraction of sp³-hybridized carbons (Fsp3) is 0.486. The number of ether oxygens (including phenoxy) is 6. The highest BCUT2D eigenvalue weighted by Crippen LogP contribution is 2.39. The van der Waals surface area contributed by atoms with Crippen LogP contribution in [0.4, 0.5) is 0 Å². The standard InChI is InChI=1S/C37H48N2O9/c1-3-43-34(41)16-8-5-7-13-29-26-47-35(48-36(29)30-14-10-11-15-31(30)40)17-9-6-12-23-45-33-25-28(37(42)44-4-2)18-19-32(33)46-24-22-39-21-20-38-27-39/h5,7,10-11,14-15,18-21,25,27,29,35-36,40H,3-4,6,8-9,12-13,16-17,22-24,26H2,1-2H3/b7-5-/t29-,35+,36+/m1/s1. The number of aromatic hydroxyl groups is 1. The molecule has 0 spiro atoms. The summed E-state index contributed by atoms with van der Waals surface area (Å²) in [5, 5.41) is 10.6. The van der Waals surface area contributed by atoms with Gasteiger partial charge >= 0.3 is 11.9 Å². The van der Waals surface area contributed by atoms with Crippen LogP contribution < -0.4 is 9.47 Å². The van der Waals surface area contributed by atoms with Crippen LogP contribution in [0.15, 0.2) is 73.3 Å². The van der Waals surface area contributed by atoms with Gasteiger partial charge in [0.25, 0.3) is 0 Å². The first-order chi connectivity index (χ1) is 23.5. The molecule has 1 aromatic heterocycles. The van der Waals surface area contributed by atoms with Crippen molar-refractivity contribution in [3.63, 3.8) is 0 Å². The molecule has 1 aliphatic heterocycles. The molecule has 11 heteroatoms. The van der Waals surface area contributed by atoms with Gasteiger partial charge in [-0.1, -0.05) is 30.4 Å². The number of rotatable bonds is 20. The van der Waals surface area contributed by atoms with Crippen molar-refractivity contribution in [2.75, 3.05) is 33.0 Å². The Kier molecular flexibility index (Phi) is 15.3. The topological polar surface area (TPSA) is 128 Å². The average Bonchev–Trinajstić information content (AvgIpc) is 3.61. The first kappa shape index (κ1) is 36.5. The van der Waals surface area contributed by atoms with E-state index in [4.69, 9.17) is 28.4 Å². The maximum Gasteiger partial charge on any atom is 0.338 e. The van der Waals surface area contributed by atoms with Crippen molar-refractivity contribution in [3.8, 4) is 17.2 Å². The lowest BCUT2D eigenvalue weighted by Crippen LogP contribution is -2.34. The van der Waals surface area contributed by atoms with E-state index >= 15 is 0 Å². The zero-order valence-electron chi connectivity index (χ0n) is 28.0. The van der Waals surface area contributed by atoms with Crippen LogP contribution in [0.3, 0.4) is 0 Å². The number of carbonyl (C=O) groups is 2. The summed E-state index contributed by atoms with van der Waals surface area (Å²) in [6.45, 7) is 6.23. The highest BCUT2D eigenvalue weighted by molar-refractivity contribution is 5.90. The van der Waals surface area contributed by atoms with Crippen molar-refractivity contribution in [2.45, 2.75) is 77.7 Å². The van der Waals surface area contributed by atoms with Gasteiger partial charge in [0.2, 0.25) is 0 Å². The molecule has 3 aromatic rings. The first-order valence-corrected chi connectivity index (χ1v) is 16.9. The van der Waals surface area contributed by atoms with Crippen LogP contribution in [0.5, 0.6) is 17.2 Å². The van der Waals surface area contributed by atoms with Crippen LogP contribution in [0.1, 0.15) is 80.8 Å². The van der Waals surface area contributed by atoms with Crippen LogP contribution in [0.2, 0.25) is 0 Å². The Hall–Kier alpha value is -4.35. The van der Waals surface area contributed by atoms with E-state index in [1.54, 1.807) is 56.7 Å². The van der Waals surface area contributed by atoms with Crippen LogP contribution >= 0.6 is 0 Å². The summed E-state index contributed by atoms with van der Waals surface area (Å²) in [7, 11) is 0. The second kappa shape index (κ2) is 20.1. The van der Waals surface area contributed by atoms with Gasteiger partial charge in [0.05, 0.1) is 51.0 Å². The van der Waals surface area contributed by atoms with Crippen molar-refractivity contribution in [2.24, 2.45) is 5.92 Å². The number of hydrogen-bond acceptors (Lipinski definition) is 10. The van der Waals surface area contributed by atoms with E-state index in [1.807, 2.05) is 35.0 Å². The van der Waals surface area contributed by atoms with E-state index < -0.39 is 12.3 Å². The van der Waals surface area contributed by atoms with E-state index in [1.165, 1.54) is 0 Å². The molecule has 4 rings (SSSR count). The summed E-state index contributed by atoms with van der Waals surface area (Å²) in [4.78, 5) is 28.0. The van der Waals surface area contributed by atoms with Gasteiger partial charge in [-0.15, -0.1) is 0 Å². The smallest absolute Gasteiger partial charge is 0.338 e. The number of unbranched alkanes of at least 4 members (excludes halogenated alkanes) is 2. The van der Waals surface area contributed by atoms with E-state index in [9.17, 15) is 14.7 Å². The molecule has 2 heterocycles. The predicted octanol–water partition coefficient (Wildman–Crippen LogP) is 6.80. The van der Waals surface area contributed by atoms with Gasteiger partial charge in [-0.05, 0) is 76.6 Å². The number of esters is 2. The minimum Gasteiger partial charge on any atom is -0.508 e. The summed E-state index contributed by atoms with van der Waals surface area (Å²) in [5.74, 6) is 0.668. The van der Waals surface area contributed by atoms with Gasteiger partial charge < -0.3 is 38.1 Å². The number of para-hydroxylation sites is 1. The van der Waals surface area contributed by atoms with Crippen LogP contribution in [-0.2, 0) is 30.3 Å². The molecule has 11 nitrogen and oxygen atoms in total. The predicted molar refractivity (Wildman–Crippen MR) is 179 cm³/mol. The Bertz CT molecular complexity index is 1430. The molecule has 1 saturated heterocycles. The minimum absolute atomic E-state index is 0.0172. The maximum atomic E-state index is 12.3. The third-order valence-electron chi connectivity index (χ3n) is 7.85. The maximum absolute atomic E-state index is 12.3. The normalized spacial score (nSPS) is 17.7. The fourth-order valence-corrected chi connectivity index (χ4v) is 5.39. The molecule has 0 aliphatic carbocycles. The number of benzene rings is 2. The lowest BCUT2D eigenvalue weighted by atomic mass is 9.91. The lowest BCUT2D eigenvalue weighted by Gasteiger charge is -2.37. The van der Waals surface area contributed by atoms with Crippen LogP contribution in [0.25, 0.3) is 0 Å². The zero-order valence-corrected chi connectivity index (χ0v) is 28.0. The zero-order chi connectivity index (χ0) is 34.0. The minimum atomic E-state index is -0.408. The van der Waals surface area contributed by atoms with Gasteiger partial charge in [-0.25, -0.2) is 9.78 Å². The van der Waals surface area contributed by atoms with Gasteiger partial charge in [-0.3, -0.25) is 4.79 Å². The highest BCUT2D eigenvalue weighted by atomic mass is 16.7. The quantitative estimate of drug-likeness (QED) is 0.0782. The van der Waals surface area contributed by atoms with E-state index in [-0.39, 0.29) is 30.3 Å². The molecule has 1 aliphatic rings. The van der Waals surface area contributed by atoms with Crippen molar-refractivity contribution in [1.29, 1.82) is 0 Å². The fourth-order valence-electron chi connectivity index (χ4n) is 5.39. The number of aromatic nitrogens is 2. The molecular weight excluding hydrogens is 616 g/mol. The average molecular weight is 665 g/mol. The van der Waals surface area contributed by atoms with E-state index in [0.717, 1.165) is 24.8 Å². The summed E-state index contributed by atoms with van der Waals surface area (Å²) in [5.41, 5.74) is 1.15. The van der Waals surface area contributed by atoms with E-state index in [0.29, 0.717) is 75.7 Å². The Morgan fingerprint density at radius 2 is 1.83 bits per heavy atom. The second-order valence-corrected chi connectivity index (χ2v) is 11.4. The summed E-state index contributed by atoms with van der Waals surface area (Å²) in [6.07, 6.45) is 13.5. The molecule has 0 saturated carbocycles. The molecule has 3 atom stereocenters. The molecule has 0 radical (unpaired) electrons. The summed E-state index contributed by atoms with van der Waals surface area (Å²) < 4.78 is 36.7. The molecule has 0 unspecified atom stereocenters. The molecule has 0 amide bonds. The third kappa shape index (κ3) is 11.7. The number of hydrogen-bond donors (Lipinski definition) is 1. The van der Waals surface area contributed by atoms with Gasteiger partial charge in [0.15, 0.2) is 17.8 Å². The first-order valence-electron chi connectivity index (χ1n) is 16.9. The molecule has 260 valence electrons. The van der Waals surface area contributed by atoms with Crippen molar-refractivity contribution < 1.29 is 43.1 Å². The molecule has 2 aromatic carbocycles. The highest BCUT2D eigenvalue weighted by Gasteiger charge is 2.33. The van der Waals surface area contributed by atoms with Crippen molar-refractivity contribution in [3.05, 3.63) is 84.5 Å². The molecule has 48 heavy (non-hydrogen) atoms. The number of phenols is 1. The Morgan fingerprint density at radius 1 is 1.00 bits per heavy atom. The number of allylic oxidation sites excluding steroid dienone is 2. The number of nitrogens with zero attached hydrogens (tertiary/aromatic N) is 2. The number of carbonyl (C=O) groups excluding carboxylic acids is 2. The van der Waals surface area contributed by atoms with Crippen LogP contribution in [-0.4, -0.2) is 65.9 Å². The number of phenolic OH excluding ortho intramolecular Hbond substituents is 1. The Morgan fingerprint density at radius 3 is 2.62 bits per heavy atom. The van der Waals surface area contributed by atoms with Gasteiger partial charge in [0.1, 0.15) is 12.4 Å². The largest absolute Gasteiger partial charge is 0.508 e. The van der Waals surface area contributed by atoms with Gasteiger partial charge in [-0.2, -0.15) is 0 Å². The monoisotopic (exact) mass is 664 g/mol. The van der Waals surface area contributed by atoms with E-state index in [2.05, 4.69) is 4.98 Å². The summed E-state index contributed by atoms with van der Waals surface area (Å²) >= 11 is 0. The Balaban J connectivity index is 1.25. The molecule has 0 bridgehead atoms. The second-order valence-electron chi connectivity index (χ2n) is 11.4. The van der Waals surface area contributed by atoms with Crippen molar-refractivity contribution >= 4 is 11.9 Å². The van der Waals surface area contributed by atoms with Crippen molar-refractivity contribution in [1.82, 2.24) is 9.55 Å². The Labute approximate surface area is 282 Å². The molecule has 1 fully saturated rings. The SMILES string of the molecule is CCOC(=O)CC/C=C\C[C@@H]1CO[C@H](CCCCCOc2cc(C(=O)OCC)ccc2OCCn2ccnc2)O[C@@H]1c1ccccc1O. The summed E-state index contributed by atoms with van der Waals surface area (Å²) in [6, 6.07) is 12.3. The third-order valence-corrected chi connectivity index (χ3v) is 7.85. The lowest BCUT2D eigenvalue weighted by molar-refractivity contribution is -0.241. The van der Waals surface area contributed by atoms with Gasteiger partial charge in [0, 0.05) is 30.3 Å². The molecular formula is C37H48N2O9. The number of imidazole rings is 1. The molecule has 1 N–H and O–H groups in total. The van der Waals surface area contributed by atoms with Crippen LogP contribution in [0, 0.1) is 5.92 Å².